The number of aromatic nitrogens is 2. The summed E-state index contributed by atoms with van der Waals surface area (Å²) in [5.41, 5.74) is 1.08. The molecular weight excluding hydrogens is 252 g/mol. The molecule has 2 aromatic rings. The number of pyridine rings is 2. The first kappa shape index (κ1) is 13.1. The van der Waals surface area contributed by atoms with Gasteiger partial charge in [0.05, 0.1) is 19.1 Å². The largest absolute Gasteiger partial charge is 0.481 e. The number of hydrogen-bond acceptors (Lipinski definition) is 4. The van der Waals surface area contributed by atoms with Crippen LogP contribution in [-0.2, 0) is 4.74 Å². The van der Waals surface area contributed by atoms with Gasteiger partial charge < -0.3 is 9.47 Å². The maximum atomic E-state index is 5.96. The van der Waals surface area contributed by atoms with E-state index < -0.39 is 0 Å². The Morgan fingerprint density at radius 2 is 2.00 bits per heavy atom. The summed E-state index contributed by atoms with van der Waals surface area (Å²) >= 11 is 5.96. The number of fused-ring (bicyclic) bond motifs is 1. The van der Waals surface area contributed by atoms with Crippen LogP contribution >= 0.6 is 11.6 Å². The summed E-state index contributed by atoms with van der Waals surface area (Å²) in [7, 11) is 3.28. The van der Waals surface area contributed by atoms with Gasteiger partial charge in [0.2, 0.25) is 5.88 Å². The minimum Gasteiger partial charge on any atom is -0.481 e. The van der Waals surface area contributed by atoms with E-state index in [0.29, 0.717) is 17.6 Å². The third-order valence-corrected chi connectivity index (χ3v) is 3.08. The number of nitrogens with zero attached hydrogens (tertiary/aromatic N) is 2. The Hall–Kier alpha value is -1.39. The number of rotatable bonds is 4. The lowest BCUT2D eigenvalue weighted by Crippen LogP contribution is -2.04. The van der Waals surface area contributed by atoms with Gasteiger partial charge in [0.25, 0.3) is 0 Å². The maximum absolute atomic E-state index is 5.96. The van der Waals surface area contributed by atoms with Crippen molar-refractivity contribution < 1.29 is 9.47 Å². The minimum atomic E-state index is 0.231. The second-order valence-corrected chi connectivity index (χ2v) is 4.52. The maximum Gasteiger partial charge on any atom is 0.222 e. The van der Waals surface area contributed by atoms with Gasteiger partial charge in [0, 0.05) is 25.4 Å². The molecule has 4 nitrogen and oxygen atoms in total. The predicted molar refractivity (Wildman–Crippen MR) is 71.4 cm³/mol. The van der Waals surface area contributed by atoms with Crippen LogP contribution in [0.2, 0.25) is 5.15 Å². The van der Waals surface area contributed by atoms with Crippen LogP contribution in [0, 0.1) is 0 Å². The summed E-state index contributed by atoms with van der Waals surface area (Å²) < 4.78 is 10.4. The summed E-state index contributed by atoms with van der Waals surface area (Å²) in [5, 5.41) is 2.33. The molecule has 0 spiro atoms. The number of hydrogen-bond donors (Lipinski definition) is 0. The van der Waals surface area contributed by atoms with Crippen LogP contribution in [0.3, 0.4) is 0 Å². The lowest BCUT2D eigenvalue weighted by atomic mass is 9.99. The molecule has 0 saturated carbocycles. The van der Waals surface area contributed by atoms with Crippen molar-refractivity contribution in [2.75, 3.05) is 20.8 Å². The van der Waals surface area contributed by atoms with Gasteiger partial charge in [0.15, 0.2) is 0 Å². The van der Waals surface area contributed by atoms with E-state index in [0.717, 1.165) is 16.3 Å². The number of methoxy groups -OCH3 is 2. The molecule has 0 N–H and O–H groups in total. The molecule has 0 unspecified atom stereocenters. The third kappa shape index (κ3) is 2.40. The van der Waals surface area contributed by atoms with E-state index in [1.165, 1.54) is 0 Å². The zero-order chi connectivity index (χ0) is 13.1. The average molecular weight is 267 g/mol. The summed E-state index contributed by atoms with van der Waals surface area (Å²) in [5.74, 6) is 0.789. The Bertz CT molecular complexity index is 560. The number of ether oxygens (including phenoxy) is 2. The van der Waals surface area contributed by atoms with Crippen LogP contribution in [0.25, 0.3) is 10.8 Å². The lowest BCUT2D eigenvalue weighted by Gasteiger charge is -2.14. The molecule has 5 heteroatoms. The second-order valence-electron chi connectivity index (χ2n) is 4.13. The standard InChI is InChI=1S/C13H15ClN2O2/c1-8(7-17-2)10-5-16-13(18-3)11-6-15-12(14)4-9(10)11/h4-6,8H,7H2,1-3H3/t8-/m0/s1. The quantitative estimate of drug-likeness (QED) is 0.798. The monoisotopic (exact) mass is 266 g/mol. The second kappa shape index (κ2) is 5.50. The van der Waals surface area contributed by atoms with Crippen molar-refractivity contribution in [1.82, 2.24) is 9.97 Å². The molecule has 0 radical (unpaired) electrons. The molecule has 0 aliphatic heterocycles. The van der Waals surface area contributed by atoms with Crippen molar-refractivity contribution in [3.05, 3.63) is 29.2 Å². The first-order valence-corrected chi connectivity index (χ1v) is 6.02. The molecule has 96 valence electrons. The van der Waals surface area contributed by atoms with E-state index in [2.05, 4.69) is 16.9 Å². The molecule has 18 heavy (non-hydrogen) atoms. The van der Waals surface area contributed by atoms with Crippen LogP contribution in [0.15, 0.2) is 18.5 Å². The highest BCUT2D eigenvalue weighted by atomic mass is 35.5. The molecule has 2 heterocycles. The van der Waals surface area contributed by atoms with E-state index in [4.69, 9.17) is 21.1 Å². The smallest absolute Gasteiger partial charge is 0.222 e. The van der Waals surface area contributed by atoms with Crippen molar-refractivity contribution in [2.24, 2.45) is 0 Å². The molecule has 0 saturated heterocycles. The van der Waals surface area contributed by atoms with Gasteiger partial charge in [-0.05, 0) is 17.0 Å². The Labute approximate surface area is 111 Å². The van der Waals surface area contributed by atoms with Gasteiger partial charge in [-0.3, -0.25) is 0 Å². The van der Waals surface area contributed by atoms with Gasteiger partial charge in [-0.2, -0.15) is 0 Å². The third-order valence-electron chi connectivity index (χ3n) is 2.87. The van der Waals surface area contributed by atoms with Crippen LogP contribution in [0.5, 0.6) is 5.88 Å². The minimum absolute atomic E-state index is 0.231. The van der Waals surface area contributed by atoms with Crippen molar-refractivity contribution in [1.29, 1.82) is 0 Å². The van der Waals surface area contributed by atoms with Crippen molar-refractivity contribution >= 4 is 22.4 Å². The van der Waals surface area contributed by atoms with Crippen molar-refractivity contribution in [2.45, 2.75) is 12.8 Å². The van der Waals surface area contributed by atoms with Gasteiger partial charge >= 0.3 is 0 Å². The average Bonchev–Trinajstić information content (AvgIpc) is 2.37. The number of halogens is 1. The molecule has 1 atom stereocenters. The Morgan fingerprint density at radius 3 is 2.67 bits per heavy atom. The molecule has 0 aliphatic carbocycles. The summed E-state index contributed by atoms with van der Waals surface area (Å²) in [4.78, 5) is 8.37. The lowest BCUT2D eigenvalue weighted by molar-refractivity contribution is 0.184. The molecule has 2 aromatic heterocycles. The molecule has 2 rings (SSSR count). The highest BCUT2D eigenvalue weighted by Gasteiger charge is 2.14. The topological polar surface area (TPSA) is 44.2 Å². The van der Waals surface area contributed by atoms with Crippen molar-refractivity contribution in [3.63, 3.8) is 0 Å². The molecule has 0 bridgehead atoms. The van der Waals surface area contributed by atoms with E-state index in [1.807, 2.05) is 6.07 Å². The van der Waals surface area contributed by atoms with E-state index in [9.17, 15) is 0 Å². The highest BCUT2D eigenvalue weighted by molar-refractivity contribution is 6.30. The zero-order valence-corrected chi connectivity index (χ0v) is 11.4. The van der Waals surface area contributed by atoms with Crippen LogP contribution < -0.4 is 4.74 Å². The Morgan fingerprint density at radius 1 is 1.22 bits per heavy atom. The van der Waals surface area contributed by atoms with Gasteiger partial charge in [-0.25, -0.2) is 9.97 Å². The van der Waals surface area contributed by atoms with Crippen LogP contribution in [-0.4, -0.2) is 30.8 Å². The fraction of sp³-hybridized carbons (Fsp3) is 0.385. The van der Waals surface area contributed by atoms with Gasteiger partial charge in [-0.1, -0.05) is 18.5 Å². The van der Waals surface area contributed by atoms with E-state index in [-0.39, 0.29) is 5.92 Å². The highest BCUT2D eigenvalue weighted by Crippen LogP contribution is 2.31. The normalized spacial score (nSPS) is 12.7. The van der Waals surface area contributed by atoms with Crippen LogP contribution in [0.1, 0.15) is 18.4 Å². The fourth-order valence-corrected chi connectivity index (χ4v) is 2.16. The van der Waals surface area contributed by atoms with Crippen LogP contribution in [0.4, 0.5) is 0 Å². The van der Waals surface area contributed by atoms with Gasteiger partial charge in [-0.15, -0.1) is 0 Å². The Balaban J connectivity index is 2.64. The van der Waals surface area contributed by atoms with E-state index in [1.54, 1.807) is 26.6 Å². The van der Waals surface area contributed by atoms with Gasteiger partial charge in [0.1, 0.15) is 5.15 Å². The van der Waals surface area contributed by atoms with Crippen molar-refractivity contribution in [3.8, 4) is 5.88 Å². The fourth-order valence-electron chi connectivity index (χ4n) is 2.00. The SMILES string of the molecule is COC[C@H](C)c1cnc(OC)c2cnc(Cl)cc12. The summed E-state index contributed by atoms with van der Waals surface area (Å²) in [6.45, 7) is 2.71. The van der Waals surface area contributed by atoms with E-state index >= 15 is 0 Å². The summed E-state index contributed by atoms with van der Waals surface area (Å²) in [6.07, 6.45) is 3.49. The predicted octanol–water partition coefficient (Wildman–Crippen LogP) is 3.04. The molecular formula is C13H15ClN2O2. The molecule has 0 fully saturated rings. The first-order chi connectivity index (χ1) is 8.67. The molecule has 0 amide bonds. The molecule has 0 aromatic carbocycles. The molecule has 0 aliphatic rings. The Kier molecular flexibility index (Phi) is 3.99. The first-order valence-electron chi connectivity index (χ1n) is 5.64. The zero-order valence-electron chi connectivity index (χ0n) is 10.6. The summed E-state index contributed by atoms with van der Waals surface area (Å²) in [6, 6.07) is 1.84.